The Kier molecular flexibility index (Phi) is 5.86. The van der Waals surface area contributed by atoms with Gasteiger partial charge in [-0.05, 0) is 60.9 Å². The summed E-state index contributed by atoms with van der Waals surface area (Å²) in [4.78, 5) is 19.0. The maximum atomic E-state index is 13.6. The van der Waals surface area contributed by atoms with E-state index in [4.69, 9.17) is 0 Å². The number of rotatable bonds is 5. The van der Waals surface area contributed by atoms with Crippen molar-refractivity contribution < 1.29 is 4.79 Å². The Hall–Kier alpha value is -2.07. The van der Waals surface area contributed by atoms with Crippen LogP contribution in [0.25, 0.3) is 10.9 Å². The van der Waals surface area contributed by atoms with E-state index in [0.29, 0.717) is 0 Å². The lowest BCUT2D eigenvalue weighted by Crippen LogP contribution is -2.40. The number of carbonyl (C=O) groups is 1. The molecule has 1 amide bonds. The Labute approximate surface area is 175 Å². The smallest absolute Gasteiger partial charge is 0.230 e. The highest BCUT2D eigenvalue weighted by Gasteiger charge is 2.29. The zero-order valence-corrected chi connectivity index (χ0v) is 17.9. The van der Waals surface area contributed by atoms with Crippen LogP contribution in [-0.4, -0.2) is 28.9 Å². The topological polar surface area (TPSA) is 36.1 Å². The lowest BCUT2D eigenvalue weighted by Gasteiger charge is -2.33. The summed E-state index contributed by atoms with van der Waals surface area (Å²) in [6, 6.07) is 16.7. The van der Waals surface area contributed by atoms with Crippen molar-refractivity contribution in [1.29, 1.82) is 0 Å². The SMILES string of the molecule is CC1CCN(C(=O)C(CCc2ccccc2Br)c2cccc3[nH]ccc23)CC1. The van der Waals surface area contributed by atoms with Crippen LogP contribution in [0.5, 0.6) is 0 Å². The summed E-state index contributed by atoms with van der Waals surface area (Å²) >= 11 is 3.66. The van der Waals surface area contributed by atoms with Crippen molar-refractivity contribution in [2.45, 2.75) is 38.5 Å². The Morgan fingerprint density at radius 2 is 1.93 bits per heavy atom. The van der Waals surface area contributed by atoms with Gasteiger partial charge in [-0.1, -0.05) is 53.2 Å². The number of H-pyrrole nitrogens is 1. The second kappa shape index (κ2) is 8.52. The number of aromatic amines is 1. The molecule has 1 aromatic heterocycles. The Morgan fingerprint density at radius 3 is 2.71 bits per heavy atom. The van der Waals surface area contributed by atoms with Crippen LogP contribution in [0.3, 0.4) is 0 Å². The van der Waals surface area contributed by atoms with Crippen LogP contribution in [0, 0.1) is 5.92 Å². The summed E-state index contributed by atoms with van der Waals surface area (Å²) in [5, 5.41) is 1.17. The first kappa shape index (κ1) is 19.3. The van der Waals surface area contributed by atoms with E-state index in [9.17, 15) is 4.79 Å². The predicted octanol–water partition coefficient (Wildman–Crippen LogP) is 5.91. The first-order chi connectivity index (χ1) is 13.6. The fourth-order valence-corrected chi connectivity index (χ4v) is 4.76. The highest BCUT2D eigenvalue weighted by Crippen LogP contribution is 2.32. The summed E-state index contributed by atoms with van der Waals surface area (Å²) in [5.74, 6) is 0.892. The largest absolute Gasteiger partial charge is 0.361 e. The molecule has 0 aliphatic carbocycles. The van der Waals surface area contributed by atoms with E-state index in [-0.39, 0.29) is 11.8 Å². The van der Waals surface area contributed by atoms with Crippen LogP contribution < -0.4 is 0 Å². The van der Waals surface area contributed by atoms with Crippen LogP contribution in [0.4, 0.5) is 0 Å². The summed E-state index contributed by atoms with van der Waals surface area (Å²) in [7, 11) is 0. The van der Waals surface area contributed by atoms with Crippen molar-refractivity contribution in [2.75, 3.05) is 13.1 Å². The third-order valence-electron chi connectivity index (χ3n) is 6.06. The molecular formula is C24H27BrN2O. The number of hydrogen-bond donors (Lipinski definition) is 1. The van der Waals surface area contributed by atoms with Gasteiger partial charge in [0, 0.05) is 34.7 Å². The van der Waals surface area contributed by atoms with Crippen LogP contribution in [0.1, 0.15) is 43.2 Å². The monoisotopic (exact) mass is 438 g/mol. The minimum Gasteiger partial charge on any atom is -0.361 e. The highest BCUT2D eigenvalue weighted by molar-refractivity contribution is 9.10. The molecule has 0 bridgehead atoms. The molecular weight excluding hydrogens is 412 g/mol. The average Bonchev–Trinajstić information content (AvgIpc) is 3.19. The maximum absolute atomic E-state index is 13.6. The molecule has 4 rings (SSSR count). The van der Waals surface area contributed by atoms with Crippen LogP contribution in [0.15, 0.2) is 59.2 Å². The molecule has 1 fully saturated rings. The summed E-state index contributed by atoms with van der Waals surface area (Å²) in [5.41, 5.74) is 3.51. The molecule has 1 aliphatic heterocycles. The number of hydrogen-bond acceptors (Lipinski definition) is 1. The number of fused-ring (bicyclic) bond motifs is 1. The first-order valence-corrected chi connectivity index (χ1v) is 11.0. The van der Waals surface area contributed by atoms with Gasteiger partial charge < -0.3 is 9.88 Å². The van der Waals surface area contributed by atoms with Crippen LogP contribution in [0.2, 0.25) is 0 Å². The highest BCUT2D eigenvalue weighted by atomic mass is 79.9. The van der Waals surface area contributed by atoms with Gasteiger partial charge in [0.25, 0.3) is 0 Å². The molecule has 146 valence electrons. The van der Waals surface area contributed by atoms with Crippen molar-refractivity contribution in [3.05, 3.63) is 70.3 Å². The number of aryl methyl sites for hydroxylation is 1. The van der Waals surface area contributed by atoms with Crippen molar-refractivity contribution in [3.63, 3.8) is 0 Å². The van der Waals surface area contributed by atoms with Crippen molar-refractivity contribution in [2.24, 2.45) is 5.92 Å². The van der Waals surface area contributed by atoms with E-state index < -0.39 is 0 Å². The van der Waals surface area contributed by atoms with E-state index in [0.717, 1.165) is 60.2 Å². The number of piperidine rings is 1. The fraction of sp³-hybridized carbons (Fsp3) is 0.375. The molecule has 2 aromatic carbocycles. The number of halogens is 1. The number of aromatic nitrogens is 1. The molecule has 0 spiro atoms. The minimum absolute atomic E-state index is 0.111. The number of nitrogens with zero attached hydrogens (tertiary/aromatic N) is 1. The van der Waals surface area contributed by atoms with Gasteiger partial charge in [0.15, 0.2) is 0 Å². The molecule has 0 radical (unpaired) electrons. The lowest BCUT2D eigenvalue weighted by atomic mass is 9.88. The zero-order chi connectivity index (χ0) is 19.5. The average molecular weight is 439 g/mol. The van der Waals surface area contributed by atoms with Gasteiger partial charge in [0.1, 0.15) is 0 Å². The molecule has 2 heterocycles. The van der Waals surface area contributed by atoms with Crippen molar-refractivity contribution >= 4 is 32.7 Å². The standard InChI is InChI=1S/C24H27BrN2O/c1-17-12-15-27(16-13-17)24(28)21(10-9-18-5-2-3-7-22(18)25)19-6-4-8-23-20(19)11-14-26-23/h2-8,11,14,17,21,26H,9-10,12-13,15-16H2,1H3. The Balaban J connectivity index is 1.63. The quantitative estimate of drug-likeness (QED) is 0.528. The first-order valence-electron chi connectivity index (χ1n) is 10.2. The zero-order valence-electron chi connectivity index (χ0n) is 16.3. The summed E-state index contributed by atoms with van der Waals surface area (Å²) in [6.45, 7) is 4.05. The Morgan fingerprint density at radius 1 is 1.14 bits per heavy atom. The van der Waals surface area contributed by atoms with E-state index in [1.165, 1.54) is 10.9 Å². The summed E-state index contributed by atoms with van der Waals surface area (Å²) in [6.07, 6.45) is 5.88. The van der Waals surface area contributed by atoms with E-state index in [1.807, 2.05) is 12.3 Å². The van der Waals surface area contributed by atoms with Gasteiger partial charge in [-0.25, -0.2) is 0 Å². The summed E-state index contributed by atoms with van der Waals surface area (Å²) < 4.78 is 1.12. The molecule has 0 saturated carbocycles. The van der Waals surface area contributed by atoms with E-state index >= 15 is 0 Å². The molecule has 1 saturated heterocycles. The number of carbonyl (C=O) groups excluding carboxylic acids is 1. The van der Waals surface area contributed by atoms with Gasteiger partial charge in [0.2, 0.25) is 5.91 Å². The van der Waals surface area contributed by atoms with E-state index in [2.05, 4.69) is 75.2 Å². The molecule has 1 aliphatic rings. The number of likely N-dealkylation sites (tertiary alicyclic amines) is 1. The van der Waals surface area contributed by atoms with Gasteiger partial charge in [-0.3, -0.25) is 4.79 Å². The molecule has 1 N–H and O–H groups in total. The van der Waals surface area contributed by atoms with Gasteiger partial charge in [-0.2, -0.15) is 0 Å². The van der Waals surface area contributed by atoms with Gasteiger partial charge in [-0.15, -0.1) is 0 Å². The minimum atomic E-state index is -0.111. The van der Waals surface area contributed by atoms with Crippen molar-refractivity contribution in [3.8, 4) is 0 Å². The number of nitrogens with one attached hydrogen (secondary N) is 1. The second-order valence-corrected chi connectivity index (χ2v) is 8.83. The molecule has 3 nitrogen and oxygen atoms in total. The lowest BCUT2D eigenvalue weighted by molar-refractivity contribution is -0.134. The normalized spacial score (nSPS) is 16.4. The second-order valence-electron chi connectivity index (χ2n) is 7.98. The van der Waals surface area contributed by atoms with Gasteiger partial charge in [0.05, 0.1) is 5.92 Å². The van der Waals surface area contributed by atoms with Crippen LogP contribution >= 0.6 is 15.9 Å². The van der Waals surface area contributed by atoms with Gasteiger partial charge >= 0.3 is 0 Å². The van der Waals surface area contributed by atoms with Crippen molar-refractivity contribution in [1.82, 2.24) is 9.88 Å². The third kappa shape index (κ3) is 4.02. The molecule has 3 aromatic rings. The Bertz CT molecular complexity index is 956. The van der Waals surface area contributed by atoms with E-state index in [1.54, 1.807) is 0 Å². The molecule has 1 atom stereocenters. The fourth-order valence-electron chi connectivity index (χ4n) is 4.28. The number of benzene rings is 2. The van der Waals surface area contributed by atoms with Crippen LogP contribution in [-0.2, 0) is 11.2 Å². The molecule has 28 heavy (non-hydrogen) atoms. The molecule has 1 unspecified atom stereocenters. The third-order valence-corrected chi connectivity index (χ3v) is 6.83. The maximum Gasteiger partial charge on any atom is 0.230 e. The molecule has 4 heteroatoms. The number of amides is 1. The predicted molar refractivity (Wildman–Crippen MR) is 118 cm³/mol.